The van der Waals surface area contributed by atoms with Gasteiger partial charge in [0.2, 0.25) is 0 Å². The molecule has 2 fully saturated rings. The van der Waals surface area contributed by atoms with E-state index in [0.29, 0.717) is 0 Å². The Balaban J connectivity index is 0.000000140. The maximum atomic E-state index is 5.34. The summed E-state index contributed by atoms with van der Waals surface area (Å²) in [4.78, 5) is 0. The Morgan fingerprint density at radius 1 is 0.786 bits per heavy atom. The van der Waals surface area contributed by atoms with Crippen LogP contribution in [0, 0.1) is 0 Å². The summed E-state index contributed by atoms with van der Waals surface area (Å²) in [5.41, 5.74) is 0.194. The van der Waals surface area contributed by atoms with Gasteiger partial charge >= 0.3 is 0 Å². The summed E-state index contributed by atoms with van der Waals surface area (Å²) >= 11 is 0. The Kier molecular flexibility index (Phi) is 3.93. The first-order valence-electron chi connectivity index (χ1n) is 5.33. The van der Waals surface area contributed by atoms with E-state index in [-0.39, 0.29) is 11.4 Å². The molecule has 0 saturated carbocycles. The van der Waals surface area contributed by atoms with Crippen molar-refractivity contribution in [1.82, 2.24) is 0 Å². The average molecular weight is 202 g/mol. The second-order valence-electron chi connectivity index (χ2n) is 4.81. The van der Waals surface area contributed by atoms with Crippen molar-refractivity contribution in [2.24, 2.45) is 0 Å². The molecule has 0 bridgehead atoms. The summed E-state index contributed by atoms with van der Waals surface area (Å²) in [6.45, 7) is 10.6. The molecule has 2 saturated heterocycles. The van der Waals surface area contributed by atoms with Crippen LogP contribution < -0.4 is 0 Å². The molecular weight excluding hydrogens is 180 g/mol. The van der Waals surface area contributed by atoms with Crippen molar-refractivity contribution in [3.8, 4) is 0 Å². The van der Waals surface area contributed by atoms with Crippen molar-refractivity contribution in [1.29, 1.82) is 0 Å². The van der Waals surface area contributed by atoms with Crippen LogP contribution in [0.4, 0.5) is 0 Å². The molecule has 0 atom stereocenters. The maximum absolute atomic E-state index is 5.34. The first kappa shape index (κ1) is 12.0. The van der Waals surface area contributed by atoms with Gasteiger partial charge in [0, 0.05) is 6.61 Å². The van der Waals surface area contributed by atoms with E-state index in [1.807, 2.05) is 13.8 Å². The summed E-state index contributed by atoms with van der Waals surface area (Å²) in [6, 6.07) is 0. The number of ether oxygens (including phenoxy) is 3. The van der Waals surface area contributed by atoms with Gasteiger partial charge in [-0.3, -0.25) is 0 Å². The highest BCUT2D eigenvalue weighted by Gasteiger charge is 2.23. The van der Waals surface area contributed by atoms with Gasteiger partial charge in [-0.15, -0.1) is 0 Å². The van der Waals surface area contributed by atoms with E-state index in [0.717, 1.165) is 19.8 Å². The molecule has 2 heterocycles. The van der Waals surface area contributed by atoms with Gasteiger partial charge in [-0.1, -0.05) is 0 Å². The zero-order valence-electron chi connectivity index (χ0n) is 9.76. The topological polar surface area (TPSA) is 27.7 Å². The predicted molar refractivity (Wildman–Crippen MR) is 55.2 cm³/mol. The van der Waals surface area contributed by atoms with Crippen LogP contribution in [-0.4, -0.2) is 31.2 Å². The first-order valence-corrected chi connectivity index (χ1v) is 5.33. The van der Waals surface area contributed by atoms with Crippen LogP contribution in [0.25, 0.3) is 0 Å². The largest absolute Gasteiger partial charge is 0.376 e. The summed E-state index contributed by atoms with van der Waals surface area (Å²) in [7, 11) is 0. The van der Waals surface area contributed by atoms with Crippen LogP contribution in [0.3, 0.4) is 0 Å². The van der Waals surface area contributed by atoms with E-state index in [1.54, 1.807) is 0 Å². The highest BCUT2D eigenvalue weighted by atomic mass is 16.7. The lowest BCUT2D eigenvalue weighted by molar-refractivity contribution is -0.125. The molecule has 0 aliphatic carbocycles. The van der Waals surface area contributed by atoms with Gasteiger partial charge in [0.1, 0.15) is 0 Å². The van der Waals surface area contributed by atoms with Crippen molar-refractivity contribution >= 4 is 0 Å². The second-order valence-corrected chi connectivity index (χ2v) is 4.81. The molecule has 14 heavy (non-hydrogen) atoms. The zero-order chi connectivity index (χ0) is 10.7. The van der Waals surface area contributed by atoms with Gasteiger partial charge in [0.15, 0.2) is 5.79 Å². The number of hydrogen-bond acceptors (Lipinski definition) is 3. The summed E-state index contributed by atoms with van der Waals surface area (Å²) in [5.74, 6) is -0.306. The quantitative estimate of drug-likeness (QED) is 0.603. The maximum Gasteiger partial charge on any atom is 0.162 e. The Morgan fingerprint density at radius 2 is 1.36 bits per heavy atom. The third-order valence-electron chi connectivity index (χ3n) is 2.40. The monoisotopic (exact) mass is 202 g/mol. The predicted octanol–water partition coefficient (Wildman–Crippen LogP) is 2.34. The smallest absolute Gasteiger partial charge is 0.162 e. The van der Waals surface area contributed by atoms with E-state index in [2.05, 4.69) is 13.8 Å². The van der Waals surface area contributed by atoms with E-state index in [1.165, 1.54) is 12.8 Å². The summed E-state index contributed by atoms with van der Waals surface area (Å²) in [5, 5.41) is 0. The zero-order valence-corrected chi connectivity index (χ0v) is 9.76. The van der Waals surface area contributed by atoms with Gasteiger partial charge in [-0.25, -0.2) is 0 Å². The van der Waals surface area contributed by atoms with Crippen LogP contribution in [-0.2, 0) is 14.2 Å². The molecule has 84 valence electrons. The van der Waals surface area contributed by atoms with Crippen LogP contribution in [0.15, 0.2) is 0 Å². The molecule has 2 rings (SSSR count). The third kappa shape index (κ3) is 4.40. The van der Waals surface area contributed by atoms with Gasteiger partial charge < -0.3 is 14.2 Å². The second kappa shape index (κ2) is 4.60. The molecule has 0 radical (unpaired) electrons. The van der Waals surface area contributed by atoms with Crippen LogP contribution in [0.1, 0.15) is 40.5 Å². The normalized spacial score (nSPS) is 28.3. The van der Waals surface area contributed by atoms with Crippen molar-refractivity contribution in [2.45, 2.75) is 51.9 Å². The van der Waals surface area contributed by atoms with Crippen molar-refractivity contribution in [2.75, 3.05) is 19.8 Å². The van der Waals surface area contributed by atoms with E-state index in [9.17, 15) is 0 Å². The Bertz CT molecular complexity index is 139. The van der Waals surface area contributed by atoms with Gasteiger partial charge in [0.25, 0.3) is 0 Å². The fourth-order valence-corrected chi connectivity index (χ4v) is 1.54. The molecule has 2 aliphatic rings. The molecular formula is C11H22O3. The first-order chi connectivity index (χ1) is 6.41. The molecule has 0 N–H and O–H groups in total. The highest BCUT2D eigenvalue weighted by Crippen LogP contribution is 2.23. The standard InChI is InChI=1S/C6H12O.C5H10O2/c1-6(2)4-3-5-7-6;1-5(2)6-3-4-7-5/h3-5H2,1-2H3;3-4H2,1-2H3. The Morgan fingerprint density at radius 3 is 1.50 bits per heavy atom. The minimum absolute atomic E-state index is 0.194. The lowest BCUT2D eigenvalue weighted by Gasteiger charge is -2.14. The van der Waals surface area contributed by atoms with Gasteiger partial charge in [-0.2, -0.15) is 0 Å². The third-order valence-corrected chi connectivity index (χ3v) is 2.40. The van der Waals surface area contributed by atoms with Crippen LogP contribution >= 0.6 is 0 Å². The summed E-state index contributed by atoms with van der Waals surface area (Å²) < 4.78 is 15.6. The molecule has 0 aromatic rings. The minimum atomic E-state index is -0.306. The highest BCUT2D eigenvalue weighted by molar-refractivity contribution is 4.73. The van der Waals surface area contributed by atoms with Gasteiger partial charge in [0.05, 0.1) is 18.8 Å². The van der Waals surface area contributed by atoms with E-state index < -0.39 is 0 Å². The average Bonchev–Trinajstić information content (AvgIpc) is 2.60. The fraction of sp³-hybridized carbons (Fsp3) is 1.00. The molecule has 0 aromatic heterocycles. The fourth-order valence-electron chi connectivity index (χ4n) is 1.54. The minimum Gasteiger partial charge on any atom is -0.376 e. The Labute approximate surface area is 86.7 Å². The SMILES string of the molecule is CC1(C)CCCO1.CC1(C)OCCO1. The number of rotatable bonds is 0. The lowest BCUT2D eigenvalue weighted by Crippen LogP contribution is -2.18. The lowest BCUT2D eigenvalue weighted by atomic mass is 10.1. The summed E-state index contributed by atoms with van der Waals surface area (Å²) in [6.07, 6.45) is 2.47. The molecule has 0 unspecified atom stereocenters. The van der Waals surface area contributed by atoms with Crippen molar-refractivity contribution < 1.29 is 14.2 Å². The van der Waals surface area contributed by atoms with Crippen LogP contribution in [0.5, 0.6) is 0 Å². The van der Waals surface area contributed by atoms with Crippen LogP contribution in [0.2, 0.25) is 0 Å². The molecule has 0 amide bonds. The Hall–Kier alpha value is -0.120. The van der Waals surface area contributed by atoms with Crippen molar-refractivity contribution in [3.63, 3.8) is 0 Å². The van der Waals surface area contributed by atoms with Crippen molar-refractivity contribution in [3.05, 3.63) is 0 Å². The van der Waals surface area contributed by atoms with Gasteiger partial charge in [-0.05, 0) is 40.5 Å². The molecule has 3 heteroatoms. The molecule has 0 aromatic carbocycles. The van der Waals surface area contributed by atoms with E-state index >= 15 is 0 Å². The van der Waals surface area contributed by atoms with E-state index in [4.69, 9.17) is 14.2 Å². The molecule has 3 nitrogen and oxygen atoms in total. The number of hydrogen-bond donors (Lipinski definition) is 0. The molecule has 0 spiro atoms. The molecule has 2 aliphatic heterocycles.